The quantitative estimate of drug-likeness (QED) is 0.660. The fraction of sp³-hybridized carbons (Fsp3) is 0.143. The van der Waals surface area contributed by atoms with Gasteiger partial charge in [-0.25, -0.2) is 0 Å². The van der Waals surface area contributed by atoms with Crippen LogP contribution in [0.5, 0.6) is 0 Å². The first-order chi connectivity index (χ1) is 9.73. The Morgan fingerprint density at radius 2 is 1.95 bits per heavy atom. The van der Waals surface area contributed by atoms with Crippen molar-refractivity contribution in [2.75, 3.05) is 5.73 Å². The number of furan rings is 1. The van der Waals surface area contributed by atoms with E-state index in [1.165, 1.54) is 12.1 Å². The Balaban J connectivity index is 2.89. The highest BCUT2D eigenvalue weighted by molar-refractivity contribution is 6.32. The molecule has 110 valence electrons. The molecule has 1 atom stereocenters. The Morgan fingerprint density at radius 1 is 1.29 bits per heavy atom. The third kappa shape index (κ3) is 2.24. The molecule has 1 unspecified atom stereocenters. The number of rotatable bonds is 2. The molecule has 0 aliphatic rings. The lowest BCUT2D eigenvalue weighted by atomic mass is 9.85. The van der Waals surface area contributed by atoms with Gasteiger partial charge in [-0.05, 0) is 24.3 Å². The zero-order valence-corrected chi connectivity index (χ0v) is 11.2. The number of aliphatic hydroxyl groups is 1. The summed E-state index contributed by atoms with van der Waals surface area (Å²) >= 11 is 5.81. The minimum atomic E-state index is -5.12. The van der Waals surface area contributed by atoms with Crippen molar-refractivity contribution in [2.24, 2.45) is 0 Å². The second-order valence-corrected chi connectivity index (χ2v) is 4.62. The minimum Gasteiger partial charge on any atom is -0.466 e. The Kier molecular flexibility index (Phi) is 3.66. The third-order valence-electron chi connectivity index (χ3n) is 2.98. The summed E-state index contributed by atoms with van der Waals surface area (Å²) in [6.45, 7) is 0. The SMILES string of the molecule is C#Cc1c(Cl)ccc(N)c1C(O)(c1ccco1)C(F)(F)F. The summed E-state index contributed by atoms with van der Waals surface area (Å²) in [4.78, 5) is 0. The van der Waals surface area contributed by atoms with Crippen LogP contribution in [0.1, 0.15) is 16.9 Å². The molecule has 0 saturated heterocycles. The van der Waals surface area contributed by atoms with Gasteiger partial charge < -0.3 is 15.3 Å². The zero-order valence-electron chi connectivity index (χ0n) is 10.4. The van der Waals surface area contributed by atoms with Crippen molar-refractivity contribution in [2.45, 2.75) is 11.8 Å². The average Bonchev–Trinajstić information content (AvgIpc) is 2.93. The van der Waals surface area contributed by atoms with Gasteiger partial charge in [0.05, 0.1) is 16.8 Å². The molecule has 1 aromatic carbocycles. The van der Waals surface area contributed by atoms with E-state index in [9.17, 15) is 18.3 Å². The Labute approximate surface area is 123 Å². The molecular weight excluding hydrogens is 307 g/mol. The van der Waals surface area contributed by atoms with E-state index < -0.39 is 23.1 Å². The molecule has 0 bridgehead atoms. The van der Waals surface area contributed by atoms with Crippen LogP contribution in [0.4, 0.5) is 18.9 Å². The lowest BCUT2D eigenvalue weighted by molar-refractivity contribution is -0.253. The predicted octanol–water partition coefficient (Wildman–Crippen LogP) is 3.29. The smallest absolute Gasteiger partial charge is 0.429 e. The van der Waals surface area contributed by atoms with Gasteiger partial charge in [0, 0.05) is 11.3 Å². The van der Waals surface area contributed by atoms with Crippen molar-refractivity contribution in [3.8, 4) is 12.3 Å². The summed E-state index contributed by atoms with van der Waals surface area (Å²) in [5.74, 6) is 1.28. The largest absolute Gasteiger partial charge is 0.466 e. The van der Waals surface area contributed by atoms with Crippen LogP contribution < -0.4 is 5.73 Å². The third-order valence-corrected chi connectivity index (χ3v) is 3.30. The van der Waals surface area contributed by atoms with Gasteiger partial charge in [-0.1, -0.05) is 17.5 Å². The molecule has 0 fully saturated rings. The van der Waals surface area contributed by atoms with Crippen LogP contribution in [0.3, 0.4) is 0 Å². The lowest BCUT2D eigenvalue weighted by Crippen LogP contribution is -2.44. The van der Waals surface area contributed by atoms with E-state index in [4.69, 9.17) is 28.2 Å². The monoisotopic (exact) mass is 315 g/mol. The first kappa shape index (κ1) is 15.3. The zero-order chi connectivity index (χ0) is 15.8. The van der Waals surface area contributed by atoms with Crippen LogP contribution in [0.15, 0.2) is 34.9 Å². The number of benzene rings is 1. The maximum Gasteiger partial charge on any atom is 0.429 e. The number of hydrogen-bond acceptors (Lipinski definition) is 3. The van der Waals surface area contributed by atoms with Crippen LogP contribution in [0.2, 0.25) is 5.02 Å². The average molecular weight is 316 g/mol. The van der Waals surface area contributed by atoms with E-state index in [1.54, 1.807) is 0 Å². The van der Waals surface area contributed by atoms with Crippen LogP contribution in [0.25, 0.3) is 0 Å². The molecule has 0 aliphatic heterocycles. The number of nitrogen functional groups attached to an aromatic ring is 1. The number of nitrogens with two attached hydrogens (primary N) is 1. The summed E-state index contributed by atoms with van der Waals surface area (Å²) in [5.41, 5.74) is 0.700. The van der Waals surface area contributed by atoms with Crippen molar-refractivity contribution >= 4 is 17.3 Å². The number of halogens is 4. The van der Waals surface area contributed by atoms with Gasteiger partial charge in [0.1, 0.15) is 5.76 Å². The molecule has 1 aromatic heterocycles. The van der Waals surface area contributed by atoms with Gasteiger partial charge in [-0.15, -0.1) is 6.42 Å². The van der Waals surface area contributed by atoms with Crippen molar-refractivity contribution < 1.29 is 22.7 Å². The van der Waals surface area contributed by atoms with Crippen LogP contribution in [0, 0.1) is 12.3 Å². The Morgan fingerprint density at radius 3 is 2.43 bits per heavy atom. The highest BCUT2D eigenvalue weighted by Crippen LogP contribution is 2.48. The van der Waals surface area contributed by atoms with Crippen LogP contribution >= 0.6 is 11.6 Å². The number of alkyl halides is 3. The molecule has 0 aliphatic carbocycles. The van der Waals surface area contributed by atoms with E-state index in [-0.39, 0.29) is 16.3 Å². The summed E-state index contributed by atoms with van der Waals surface area (Å²) in [7, 11) is 0. The Hall–Kier alpha value is -2.10. The van der Waals surface area contributed by atoms with E-state index in [0.29, 0.717) is 0 Å². The van der Waals surface area contributed by atoms with Gasteiger partial charge in [0.2, 0.25) is 5.60 Å². The van der Waals surface area contributed by atoms with Gasteiger partial charge in [0.25, 0.3) is 0 Å². The number of terminal acetylenes is 1. The van der Waals surface area contributed by atoms with E-state index >= 15 is 0 Å². The maximum absolute atomic E-state index is 13.5. The van der Waals surface area contributed by atoms with Crippen LogP contribution in [-0.2, 0) is 5.60 Å². The normalized spacial score (nSPS) is 14.5. The maximum atomic E-state index is 13.5. The molecule has 2 rings (SSSR count). The Bertz CT molecular complexity index is 704. The first-order valence-corrected chi connectivity index (χ1v) is 5.99. The number of anilines is 1. The summed E-state index contributed by atoms with van der Waals surface area (Å²) in [5, 5.41) is 10.2. The van der Waals surface area contributed by atoms with Gasteiger partial charge >= 0.3 is 6.18 Å². The molecule has 21 heavy (non-hydrogen) atoms. The predicted molar refractivity (Wildman–Crippen MR) is 71.6 cm³/mol. The molecular formula is C14H9ClF3NO2. The van der Waals surface area contributed by atoms with Gasteiger partial charge in [-0.2, -0.15) is 13.2 Å². The van der Waals surface area contributed by atoms with Crippen molar-refractivity contribution in [1.82, 2.24) is 0 Å². The number of hydrogen-bond donors (Lipinski definition) is 2. The van der Waals surface area contributed by atoms with Gasteiger partial charge in [-0.3, -0.25) is 0 Å². The van der Waals surface area contributed by atoms with E-state index in [0.717, 1.165) is 18.4 Å². The molecule has 3 nitrogen and oxygen atoms in total. The molecule has 3 N–H and O–H groups in total. The molecule has 0 radical (unpaired) electrons. The van der Waals surface area contributed by atoms with Crippen molar-refractivity contribution in [1.29, 1.82) is 0 Å². The molecule has 7 heteroatoms. The molecule has 1 heterocycles. The van der Waals surface area contributed by atoms with Gasteiger partial charge in [0.15, 0.2) is 0 Å². The molecule has 0 saturated carbocycles. The fourth-order valence-corrected chi connectivity index (χ4v) is 2.23. The standard InChI is InChI=1S/C14H9ClF3NO2/c1-2-8-9(15)5-6-10(19)12(8)13(20,14(16,17)18)11-4-3-7-21-11/h1,3-7,20H,19H2. The van der Waals surface area contributed by atoms with Crippen molar-refractivity contribution in [3.05, 3.63) is 52.4 Å². The van der Waals surface area contributed by atoms with Crippen molar-refractivity contribution in [3.63, 3.8) is 0 Å². The fourth-order valence-electron chi connectivity index (χ4n) is 2.01. The second-order valence-electron chi connectivity index (χ2n) is 4.22. The summed E-state index contributed by atoms with van der Waals surface area (Å²) in [6, 6.07) is 4.59. The summed E-state index contributed by atoms with van der Waals surface area (Å²) < 4.78 is 45.2. The van der Waals surface area contributed by atoms with E-state index in [1.807, 2.05) is 5.92 Å². The highest BCUT2D eigenvalue weighted by Gasteiger charge is 2.60. The topological polar surface area (TPSA) is 59.4 Å². The van der Waals surface area contributed by atoms with Crippen LogP contribution in [-0.4, -0.2) is 11.3 Å². The molecule has 0 amide bonds. The highest BCUT2D eigenvalue weighted by atomic mass is 35.5. The van der Waals surface area contributed by atoms with E-state index in [2.05, 4.69) is 0 Å². The lowest BCUT2D eigenvalue weighted by Gasteiger charge is -2.31. The molecule has 2 aromatic rings. The summed E-state index contributed by atoms with van der Waals surface area (Å²) in [6.07, 6.45) is 1.10. The minimum absolute atomic E-state index is 0.129. The first-order valence-electron chi connectivity index (χ1n) is 5.61. The molecule has 0 spiro atoms. The second kappa shape index (κ2) is 5.02.